The van der Waals surface area contributed by atoms with Gasteiger partial charge in [0, 0.05) is 32.0 Å². The molecular weight excluding hydrogens is 280 g/mol. The predicted molar refractivity (Wildman–Crippen MR) is 78.2 cm³/mol. The lowest BCUT2D eigenvalue weighted by atomic mass is 10.2. The summed E-state index contributed by atoms with van der Waals surface area (Å²) in [5.41, 5.74) is 1.21. The standard InChI is InChI=1S/C12H20N4O3S/c1-3-14-11-5-8-13-9-10(11)12(17)15-6-4-7-16-20(2,18)19/h5,8-9,16H,3-4,6-7H2,1-2H3,(H,13,14)(H,15,17). The smallest absolute Gasteiger partial charge is 0.254 e. The highest BCUT2D eigenvalue weighted by Crippen LogP contribution is 2.12. The van der Waals surface area contributed by atoms with Gasteiger partial charge in [0.15, 0.2) is 0 Å². The van der Waals surface area contributed by atoms with Crippen LogP contribution in [0.4, 0.5) is 5.69 Å². The second-order valence-electron chi connectivity index (χ2n) is 4.23. The summed E-state index contributed by atoms with van der Waals surface area (Å²) in [5.74, 6) is -0.228. The zero-order chi connectivity index (χ0) is 15.0. The Kier molecular flexibility index (Phi) is 6.40. The first kappa shape index (κ1) is 16.4. The van der Waals surface area contributed by atoms with Crippen LogP contribution in [0.25, 0.3) is 0 Å². The topological polar surface area (TPSA) is 100 Å². The van der Waals surface area contributed by atoms with E-state index < -0.39 is 10.0 Å². The Morgan fingerprint density at radius 3 is 2.75 bits per heavy atom. The van der Waals surface area contributed by atoms with Crippen molar-refractivity contribution in [3.05, 3.63) is 24.0 Å². The van der Waals surface area contributed by atoms with E-state index in [1.54, 1.807) is 12.3 Å². The van der Waals surface area contributed by atoms with E-state index in [-0.39, 0.29) is 5.91 Å². The van der Waals surface area contributed by atoms with Gasteiger partial charge in [0.25, 0.3) is 5.91 Å². The van der Waals surface area contributed by atoms with Crippen LogP contribution in [-0.2, 0) is 10.0 Å². The Hall–Kier alpha value is -1.67. The van der Waals surface area contributed by atoms with Gasteiger partial charge in [-0.2, -0.15) is 0 Å². The summed E-state index contributed by atoms with van der Waals surface area (Å²) in [6.45, 7) is 3.34. The van der Waals surface area contributed by atoms with Crippen LogP contribution in [0, 0.1) is 0 Å². The quantitative estimate of drug-likeness (QED) is 0.595. The van der Waals surface area contributed by atoms with E-state index in [9.17, 15) is 13.2 Å². The number of pyridine rings is 1. The maximum Gasteiger partial charge on any atom is 0.254 e. The lowest BCUT2D eigenvalue weighted by Gasteiger charge is -2.10. The number of aromatic nitrogens is 1. The number of sulfonamides is 1. The summed E-state index contributed by atoms with van der Waals surface area (Å²) < 4.78 is 24.1. The van der Waals surface area contributed by atoms with Gasteiger partial charge >= 0.3 is 0 Å². The minimum absolute atomic E-state index is 0.228. The molecule has 1 aromatic heterocycles. The average molecular weight is 300 g/mol. The summed E-state index contributed by atoms with van der Waals surface area (Å²) in [6, 6.07) is 1.74. The Labute approximate surface area is 119 Å². The molecule has 112 valence electrons. The number of anilines is 1. The summed E-state index contributed by atoms with van der Waals surface area (Å²) in [4.78, 5) is 15.9. The van der Waals surface area contributed by atoms with Gasteiger partial charge in [-0.3, -0.25) is 9.78 Å². The van der Waals surface area contributed by atoms with Gasteiger partial charge in [0.2, 0.25) is 10.0 Å². The van der Waals surface area contributed by atoms with E-state index >= 15 is 0 Å². The van der Waals surface area contributed by atoms with Crippen molar-refractivity contribution in [2.24, 2.45) is 0 Å². The Morgan fingerprint density at radius 2 is 2.10 bits per heavy atom. The van der Waals surface area contributed by atoms with Crippen LogP contribution < -0.4 is 15.4 Å². The van der Waals surface area contributed by atoms with Crippen LogP contribution in [0.15, 0.2) is 18.5 Å². The lowest BCUT2D eigenvalue weighted by molar-refractivity contribution is 0.0954. The molecule has 1 heterocycles. The largest absolute Gasteiger partial charge is 0.385 e. The third-order valence-electron chi connectivity index (χ3n) is 2.44. The molecule has 7 nitrogen and oxygen atoms in total. The molecule has 0 radical (unpaired) electrons. The predicted octanol–water partition coefficient (Wildman–Crippen LogP) is 0.183. The van der Waals surface area contributed by atoms with E-state index in [1.807, 2.05) is 6.92 Å². The molecule has 0 unspecified atom stereocenters. The number of hydrogen-bond donors (Lipinski definition) is 3. The summed E-state index contributed by atoms with van der Waals surface area (Å²) in [6.07, 6.45) is 4.74. The molecule has 0 aromatic carbocycles. The fourth-order valence-electron chi connectivity index (χ4n) is 1.56. The molecule has 1 aromatic rings. The fourth-order valence-corrected chi connectivity index (χ4v) is 2.08. The number of carbonyl (C=O) groups excluding carboxylic acids is 1. The molecule has 0 aliphatic rings. The second-order valence-corrected chi connectivity index (χ2v) is 6.06. The summed E-state index contributed by atoms with van der Waals surface area (Å²) in [5, 5.41) is 5.82. The van der Waals surface area contributed by atoms with Crippen molar-refractivity contribution in [2.75, 3.05) is 31.2 Å². The fraction of sp³-hybridized carbons (Fsp3) is 0.500. The Morgan fingerprint density at radius 1 is 1.35 bits per heavy atom. The maximum atomic E-state index is 12.0. The number of nitrogens with one attached hydrogen (secondary N) is 3. The first-order valence-electron chi connectivity index (χ1n) is 6.34. The molecule has 0 aliphatic carbocycles. The van der Waals surface area contributed by atoms with E-state index in [1.165, 1.54) is 6.20 Å². The van der Waals surface area contributed by atoms with Crippen LogP contribution in [0.3, 0.4) is 0 Å². The molecule has 20 heavy (non-hydrogen) atoms. The third kappa shape index (κ3) is 5.98. The normalized spacial score (nSPS) is 11.1. The average Bonchev–Trinajstić information content (AvgIpc) is 2.38. The van der Waals surface area contributed by atoms with Crippen molar-refractivity contribution in [3.63, 3.8) is 0 Å². The minimum atomic E-state index is -3.17. The molecule has 0 saturated carbocycles. The minimum Gasteiger partial charge on any atom is -0.385 e. The van der Waals surface area contributed by atoms with E-state index in [4.69, 9.17) is 0 Å². The molecule has 0 atom stereocenters. The monoisotopic (exact) mass is 300 g/mol. The van der Waals surface area contributed by atoms with Crippen molar-refractivity contribution >= 4 is 21.6 Å². The van der Waals surface area contributed by atoms with Gasteiger partial charge in [-0.1, -0.05) is 0 Å². The van der Waals surface area contributed by atoms with Crippen molar-refractivity contribution in [1.82, 2.24) is 15.0 Å². The van der Waals surface area contributed by atoms with Gasteiger partial charge in [0.1, 0.15) is 0 Å². The van der Waals surface area contributed by atoms with Gasteiger partial charge < -0.3 is 10.6 Å². The van der Waals surface area contributed by atoms with E-state index in [0.29, 0.717) is 31.6 Å². The maximum absolute atomic E-state index is 12.0. The summed E-state index contributed by atoms with van der Waals surface area (Å²) in [7, 11) is -3.17. The highest BCUT2D eigenvalue weighted by molar-refractivity contribution is 7.88. The van der Waals surface area contributed by atoms with Gasteiger partial charge in [-0.15, -0.1) is 0 Å². The first-order chi connectivity index (χ1) is 9.44. The van der Waals surface area contributed by atoms with Crippen LogP contribution in [0.1, 0.15) is 23.7 Å². The van der Waals surface area contributed by atoms with Gasteiger partial charge in [0.05, 0.1) is 17.5 Å². The van der Waals surface area contributed by atoms with E-state index in [2.05, 4.69) is 20.3 Å². The second kappa shape index (κ2) is 7.81. The number of carbonyl (C=O) groups is 1. The molecule has 1 amide bonds. The SMILES string of the molecule is CCNc1ccncc1C(=O)NCCCNS(C)(=O)=O. The molecule has 0 fully saturated rings. The van der Waals surface area contributed by atoms with Crippen LogP contribution >= 0.6 is 0 Å². The molecule has 0 saturated heterocycles. The van der Waals surface area contributed by atoms with E-state index in [0.717, 1.165) is 11.9 Å². The molecule has 8 heteroatoms. The van der Waals surface area contributed by atoms with Crippen molar-refractivity contribution in [3.8, 4) is 0 Å². The van der Waals surface area contributed by atoms with Crippen molar-refractivity contribution in [1.29, 1.82) is 0 Å². The van der Waals surface area contributed by atoms with Gasteiger partial charge in [-0.05, 0) is 19.4 Å². The number of rotatable bonds is 8. The number of hydrogen-bond acceptors (Lipinski definition) is 5. The molecule has 0 bridgehead atoms. The molecule has 0 aliphatic heterocycles. The zero-order valence-corrected chi connectivity index (χ0v) is 12.5. The zero-order valence-electron chi connectivity index (χ0n) is 11.6. The number of nitrogens with zero attached hydrogens (tertiary/aromatic N) is 1. The number of amides is 1. The third-order valence-corrected chi connectivity index (χ3v) is 3.16. The van der Waals surface area contributed by atoms with Crippen LogP contribution in [-0.4, -0.2) is 45.2 Å². The Balaban J connectivity index is 2.43. The molecular formula is C12H20N4O3S. The van der Waals surface area contributed by atoms with Crippen LogP contribution in [0.2, 0.25) is 0 Å². The van der Waals surface area contributed by atoms with Crippen molar-refractivity contribution in [2.45, 2.75) is 13.3 Å². The molecule has 0 spiro atoms. The molecule has 3 N–H and O–H groups in total. The first-order valence-corrected chi connectivity index (χ1v) is 8.24. The highest BCUT2D eigenvalue weighted by Gasteiger charge is 2.10. The van der Waals surface area contributed by atoms with Gasteiger partial charge in [-0.25, -0.2) is 13.1 Å². The molecule has 1 rings (SSSR count). The lowest BCUT2D eigenvalue weighted by Crippen LogP contribution is -2.29. The van der Waals surface area contributed by atoms with Crippen molar-refractivity contribution < 1.29 is 13.2 Å². The van der Waals surface area contributed by atoms with Crippen LogP contribution in [0.5, 0.6) is 0 Å². The Bertz CT molecular complexity index is 545. The highest BCUT2D eigenvalue weighted by atomic mass is 32.2. The summed E-state index contributed by atoms with van der Waals surface area (Å²) >= 11 is 0.